The normalized spacial score (nSPS) is 10.6. The summed E-state index contributed by atoms with van der Waals surface area (Å²) < 4.78 is 0. The molecule has 2 rings (SSSR count). The van der Waals surface area contributed by atoms with Crippen molar-refractivity contribution in [3.05, 3.63) is 70.4 Å². The van der Waals surface area contributed by atoms with Crippen molar-refractivity contribution in [2.75, 3.05) is 29.6 Å². The summed E-state index contributed by atoms with van der Waals surface area (Å²) in [5.41, 5.74) is 1.60. The van der Waals surface area contributed by atoms with Crippen LogP contribution in [0.2, 0.25) is 0 Å². The molecule has 0 aliphatic heterocycles. The summed E-state index contributed by atoms with van der Waals surface area (Å²) in [5, 5.41) is 25.4. The molecule has 0 unspecified atom stereocenters. The van der Waals surface area contributed by atoms with Crippen LogP contribution in [-0.2, 0) is 4.79 Å². The van der Waals surface area contributed by atoms with E-state index in [-0.39, 0.29) is 16.9 Å². The van der Waals surface area contributed by atoms with Gasteiger partial charge in [-0.1, -0.05) is 12.1 Å². The topological polar surface area (TPSA) is 111 Å². The first-order valence-electron chi connectivity index (χ1n) is 7.60. The molecule has 0 saturated carbocycles. The predicted molar refractivity (Wildman–Crippen MR) is 99.8 cm³/mol. The Morgan fingerprint density at radius 3 is 2.54 bits per heavy atom. The van der Waals surface area contributed by atoms with Crippen LogP contribution >= 0.6 is 0 Å². The molecule has 0 fully saturated rings. The SMILES string of the molecule is CN(C)c1cccc(N/C=C(/C#N)C(=O)Nc2cccc([N+](=O)[O-])c2)c1. The van der Waals surface area contributed by atoms with Gasteiger partial charge in [0.15, 0.2) is 0 Å². The van der Waals surface area contributed by atoms with Crippen LogP contribution in [0.1, 0.15) is 0 Å². The van der Waals surface area contributed by atoms with Crippen LogP contribution in [0.4, 0.5) is 22.7 Å². The van der Waals surface area contributed by atoms with E-state index >= 15 is 0 Å². The lowest BCUT2D eigenvalue weighted by Crippen LogP contribution is -2.14. The van der Waals surface area contributed by atoms with Gasteiger partial charge in [-0.05, 0) is 24.3 Å². The second kappa shape index (κ2) is 8.30. The van der Waals surface area contributed by atoms with E-state index in [1.165, 1.54) is 30.5 Å². The van der Waals surface area contributed by atoms with Gasteiger partial charge in [0.05, 0.1) is 4.92 Å². The summed E-state index contributed by atoms with van der Waals surface area (Å²) in [6, 6.07) is 14.7. The van der Waals surface area contributed by atoms with Gasteiger partial charge in [0.1, 0.15) is 11.6 Å². The zero-order valence-corrected chi connectivity index (χ0v) is 14.3. The third-order valence-electron chi connectivity index (χ3n) is 3.43. The van der Waals surface area contributed by atoms with Crippen molar-refractivity contribution in [2.45, 2.75) is 0 Å². The van der Waals surface area contributed by atoms with E-state index in [1.54, 1.807) is 6.07 Å². The molecule has 132 valence electrons. The van der Waals surface area contributed by atoms with Gasteiger partial charge >= 0.3 is 0 Å². The molecular formula is C18H17N5O3. The molecule has 0 atom stereocenters. The first kappa shape index (κ1) is 18.5. The summed E-state index contributed by atoms with van der Waals surface area (Å²) in [5.74, 6) is -0.663. The highest BCUT2D eigenvalue weighted by molar-refractivity contribution is 6.06. The summed E-state index contributed by atoms with van der Waals surface area (Å²) in [4.78, 5) is 24.3. The quantitative estimate of drug-likeness (QED) is 0.358. The minimum atomic E-state index is -0.663. The first-order chi connectivity index (χ1) is 12.4. The monoisotopic (exact) mass is 351 g/mol. The zero-order valence-electron chi connectivity index (χ0n) is 14.3. The number of carbonyl (C=O) groups is 1. The second-order valence-electron chi connectivity index (χ2n) is 5.52. The minimum absolute atomic E-state index is 0.149. The molecule has 0 aliphatic carbocycles. The lowest BCUT2D eigenvalue weighted by Gasteiger charge is -2.13. The van der Waals surface area contributed by atoms with Crippen molar-refractivity contribution in [1.82, 2.24) is 0 Å². The number of nitro groups is 1. The number of non-ortho nitro benzene ring substituents is 1. The predicted octanol–water partition coefficient (Wildman–Crippen LogP) is 3.12. The van der Waals surface area contributed by atoms with E-state index in [2.05, 4.69) is 10.6 Å². The Bertz CT molecular complexity index is 900. The second-order valence-corrected chi connectivity index (χ2v) is 5.52. The number of nitrogens with one attached hydrogen (secondary N) is 2. The van der Waals surface area contributed by atoms with Gasteiger partial charge in [-0.2, -0.15) is 5.26 Å². The van der Waals surface area contributed by atoms with Crippen LogP contribution in [0.5, 0.6) is 0 Å². The van der Waals surface area contributed by atoms with Crippen LogP contribution in [0, 0.1) is 21.4 Å². The molecule has 2 N–H and O–H groups in total. The minimum Gasteiger partial charge on any atom is -0.378 e. The van der Waals surface area contributed by atoms with Gasteiger partial charge in [-0.3, -0.25) is 14.9 Å². The molecule has 0 bridgehead atoms. The highest BCUT2D eigenvalue weighted by atomic mass is 16.6. The molecule has 0 radical (unpaired) electrons. The number of benzene rings is 2. The average Bonchev–Trinajstić information content (AvgIpc) is 2.62. The van der Waals surface area contributed by atoms with Crippen LogP contribution in [-0.4, -0.2) is 24.9 Å². The van der Waals surface area contributed by atoms with Gasteiger partial charge in [0.25, 0.3) is 11.6 Å². The van der Waals surface area contributed by atoms with Crippen molar-refractivity contribution in [3.8, 4) is 6.07 Å². The largest absolute Gasteiger partial charge is 0.378 e. The molecule has 0 aliphatic rings. The number of nitrogens with zero attached hydrogens (tertiary/aromatic N) is 3. The molecular weight excluding hydrogens is 334 g/mol. The van der Waals surface area contributed by atoms with Gasteiger partial charge < -0.3 is 15.5 Å². The first-order valence-corrected chi connectivity index (χ1v) is 7.60. The fraction of sp³-hybridized carbons (Fsp3) is 0.111. The Kier molecular flexibility index (Phi) is 5.90. The summed E-state index contributed by atoms with van der Waals surface area (Å²) in [6.45, 7) is 0. The number of carbonyl (C=O) groups excluding carboxylic acids is 1. The number of nitro benzene ring substituents is 1. The Hall–Kier alpha value is -3.86. The average molecular weight is 351 g/mol. The molecule has 0 saturated heterocycles. The number of hydrogen-bond acceptors (Lipinski definition) is 6. The van der Waals surface area contributed by atoms with Gasteiger partial charge in [0, 0.05) is 49.5 Å². The van der Waals surface area contributed by atoms with E-state index < -0.39 is 10.8 Å². The number of amides is 1. The van der Waals surface area contributed by atoms with E-state index in [1.807, 2.05) is 43.3 Å². The van der Waals surface area contributed by atoms with Crippen molar-refractivity contribution >= 4 is 28.7 Å². The molecule has 2 aromatic carbocycles. The van der Waals surface area contributed by atoms with E-state index in [4.69, 9.17) is 0 Å². The maximum absolute atomic E-state index is 12.2. The van der Waals surface area contributed by atoms with E-state index in [9.17, 15) is 20.2 Å². The Labute approximate surface area is 150 Å². The molecule has 2 aromatic rings. The number of anilines is 3. The van der Waals surface area contributed by atoms with E-state index in [0.717, 1.165) is 5.69 Å². The molecule has 8 heteroatoms. The number of rotatable bonds is 6. The van der Waals surface area contributed by atoms with Crippen molar-refractivity contribution in [1.29, 1.82) is 5.26 Å². The van der Waals surface area contributed by atoms with Crippen LogP contribution in [0.15, 0.2) is 60.3 Å². The lowest BCUT2D eigenvalue weighted by molar-refractivity contribution is -0.384. The van der Waals surface area contributed by atoms with Crippen LogP contribution < -0.4 is 15.5 Å². The number of nitriles is 1. The van der Waals surface area contributed by atoms with Crippen LogP contribution in [0.25, 0.3) is 0 Å². The van der Waals surface area contributed by atoms with Gasteiger partial charge in [-0.25, -0.2) is 0 Å². The highest BCUT2D eigenvalue weighted by Crippen LogP contribution is 2.19. The Morgan fingerprint density at radius 2 is 1.88 bits per heavy atom. The third kappa shape index (κ3) is 4.82. The molecule has 1 amide bonds. The van der Waals surface area contributed by atoms with E-state index in [0.29, 0.717) is 5.69 Å². The Morgan fingerprint density at radius 1 is 1.19 bits per heavy atom. The molecule has 8 nitrogen and oxygen atoms in total. The fourth-order valence-corrected chi connectivity index (χ4v) is 2.07. The Balaban J connectivity index is 2.12. The van der Waals surface area contributed by atoms with Gasteiger partial charge in [0.2, 0.25) is 0 Å². The molecule has 26 heavy (non-hydrogen) atoms. The van der Waals surface area contributed by atoms with Crippen molar-refractivity contribution < 1.29 is 9.72 Å². The molecule has 0 heterocycles. The standard InChI is InChI=1S/C18H17N5O3/c1-22(2)16-7-3-5-14(9-16)20-12-13(11-19)18(24)21-15-6-4-8-17(10-15)23(25)26/h3-10,12,20H,1-2H3,(H,21,24)/b13-12-. The zero-order chi connectivity index (χ0) is 19.1. The maximum atomic E-state index is 12.2. The van der Waals surface area contributed by atoms with Crippen molar-refractivity contribution in [2.24, 2.45) is 0 Å². The summed E-state index contributed by atoms with van der Waals surface area (Å²) in [6.07, 6.45) is 1.29. The summed E-state index contributed by atoms with van der Waals surface area (Å²) >= 11 is 0. The van der Waals surface area contributed by atoms with Gasteiger partial charge in [-0.15, -0.1) is 0 Å². The third-order valence-corrected chi connectivity index (χ3v) is 3.43. The van der Waals surface area contributed by atoms with Crippen molar-refractivity contribution in [3.63, 3.8) is 0 Å². The fourth-order valence-electron chi connectivity index (χ4n) is 2.07. The maximum Gasteiger partial charge on any atom is 0.271 e. The summed E-state index contributed by atoms with van der Waals surface area (Å²) in [7, 11) is 3.81. The lowest BCUT2D eigenvalue weighted by atomic mass is 10.2. The molecule has 0 aromatic heterocycles. The number of hydrogen-bond donors (Lipinski definition) is 2. The smallest absolute Gasteiger partial charge is 0.271 e. The van der Waals surface area contributed by atoms with Crippen LogP contribution in [0.3, 0.4) is 0 Å². The highest BCUT2D eigenvalue weighted by Gasteiger charge is 2.12. The molecule has 0 spiro atoms.